The van der Waals surface area contributed by atoms with E-state index >= 15 is 0 Å². The number of hydrogen-bond acceptors (Lipinski definition) is 4. The zero-order chi connectivity index (χ0) is 23.1. The number of aryl methyl sites for hydroxylation is 3. The van der Waals surface area contributed by atoms with Gasteiger partial charge in [0, 0.05) is 17.9 Å². The number of carbonyl (C=O) groups is 1. The number of rotatable bonds is 9. The number of hydrogen-bond donors (Lipinski definition) is 2. The molecular formula is C26H29IN2O3. The molecule has 0 spiro atoms. The van der Waals surface area contributed by atoms with Gasteiger partial charge in [-0.25, -0.2) is 0 Å². The minimum absolute atomic E-state index is 0.0932. The van der Waals surface area contributed by atoms with E-state index in [2.05, 4.69) is 71.3 Å². The highest BCUT2D eigenvalue weighted by Gasteiger charge is 2.14. The summed E-state index contributed by atoms with van der Waals surface area (Å²) < 4.78 is 12.6. The number of benzene rings is 3. The van der Waals surface area contributed by atoms with Crippen LogP contribution in [0.25, 0.3) is 0 Å². The van der Waals surface area contributed by atoms with Gasteiger partial charge in [-0.2, -0.15) is 0 Å². The van der Waals surface area contributed by atoms with Gasteiger partial charge in [-0.3, -0.25) is 4.79 Å². The van der Waals surface area contributed by atoms with Gasteiger partial charge in [0.15, 0.2) is 18.1 Å². The Hall–Kier alpha value is -2.74. The second kappa shape index (κ2) is 11.2. The highest BCUT2D eigenvalue weighted by atomic mass is 127. The fraction of sp³-hybridized carbons (Fsp3) is 0.269. The Morgan fingerprint density at radius 1 is 0.969 bits per heavy atom. The number of nitrogens with one attached hydrogen (secondary N) is 2. The second-order valence-electron chi connectivity index (χ2n) is 7.72. The van der Waals surface area contributed by atoms with Gasteiger partial charge >= 0.3 is 0 Å². The number of ether oxygens (including phenoxy) is 2. The van der Waals surface area contributed by atoms with Gasteiger partial charge in [-0.15, -0.1) is 0 Å². The normalized spacial score (nSPS) is 10.5. The summed E-state index contributed by atoms with van der Waals surface area (Å²) >= 11 is 2.23. The van der Waals surface area contributed by atoms with Gasteiger partial charge < -0.3 is 20.1 Å². The maximum atomic E-state index is 12.4. The van der Waals surface area contributed by atoms with E-state index in [0.717, 1.165) is 26.1 Å². The molecule has 0 aromatic heterocycles. The van der Waals surface area contributed by atoms with Gasteiger partial charge in [-0.1, -0.05) is 24.3 Å². The van der Waals surface area contributed by atoms with Crippen molar-refractivity contribution in [2.24, 2.45) is 0 Å². The maximum Gasteiger partial charge on any atom is 0.262 e. The fourth-order valence-corrected chi connectivity index (χ4v) is 4.13. The standard InChI is InChI=1S/C26H29IN2O3/c1-5-31-24-14-20(15-28-23-12-18(3)9-10-19(23)4)13-22(27)26(24)32-16-25(30)29-21-8-6-7-17(2)11-21/h6-14,28H,5,15-16H2,1-4H3,(H,29,30). The van der Waals surface area contributed by atoms with Crippen molar-refractivity contribution in [2.45, 2.75) is 34.2 Å². The van der Waals surface area contributed by atoms with E-state index in [0.29, 0.717) is 24.7 Å². The van der Waals surface area contributed by atoms with Crippen LogP contribution in [0.4, 0.5) is 11.4 Å². The summed E-state index contributed by atoms with van der Waals surface area (Å²) in [6, 6.07) is 18.1. The average Bonchev–Trinajstić information content (AvgIpc) is 2.74. The molecular weight excluding hydrogens is 515 g/mol. The van der Waals surface area contributed by atoms with Crippen molar-refractivity contribution >= 4 is 39.9 Å². The van der Waals surface area contributed by atoms with Crippen molar-refractivity contribution in [2.75, 3.05) is 23.8 Å². The third kappa shape index (κ3) is 6.63. The first kappa shape index (κ1) is 23.9. The average molecular weight is 544 g/mol. The van der Waals surface area contributed by atoms with Crippen molar-refractivity contribution < 1.29 is 14.3 Å². The SMILES string of the molecule is CCOc1cc(CNc2cc(C)ccc2C)cc(I)c1OCC(=O)Nc1cccc(C)c1. The van der Waals surface area contributed by atoms with Crippen LogP contribution in [0.3, 0.4) is 0 Å². The highest BCUT2D eigenvalue weighted by Crippen LogP contribution is 2.34. The molecule has 0 atom stereocenters. The second-order valence-corrected chi connectivity index (χ2v) is 8.88. The Labute approximate surface area is 203 Å². The van der Waals surface area contributed by atoms with Crippen LogP contribution in [-0.2, 0) is 11.3 Å². The molecule has 0 bridgehead atoms. The molecule has 0 heterocycles. The van der Waals surface area contributed by atoms with Crippen LogP contribution in [0.1, 0.15) is 29.2 Å². The molecule has 3 rings (SSSR count). The van der Waals surface area contributed by atoms with E-state index in [-0.39, 0.29) is 12.5 Å². The number of anilines is 2. The van der Waals surface area contributed by atoms with Crippen LogP contribution in [0.5, 0.6) is 11.5 Å². The zero-order valence-corrected chi connectivity index (χ0v) is 21.1. The summed E-state index contributed by atoms with van der Waals surface area (Å²) in [5, 5.41) is 6.37. The molecule has 0 aliphatic carbocycles. The van der Waals surface area contributed by atoms with Crippen LogP contribution < -0.4 is 20.1 Å². The molecule has 0 saturated heterocycles. The van der Waals surface area contributed by atoms with Crippen LogP contribution in [0.15, 0.2) is 54.6 Å². The molecule has 0 saturated carbocycles. The Morgan fingerprint density at radius 3 is 2.50 bits per heavy atom. The highest BCUT2D eigenvalue weighted by molar-refractivity contribution is 14.1. The fourth-order valence-electron chi connectivity index (χ4n) is 3.31. The van der Waals surface area contributed by atoms with Gasteiger partial charge in [0.2, 0.25) is 0 Å². The molecule has 168 valence electrons. The van der Waals surface area contributed by atoms with Crippen LogP contribution in [-0.4, -0.2) is 19.1 Å². The van der Waals surface area contributed by atoms with Crippen molar-refractivity contribution in [1.29, 1.82) is 0 Å². The summed E-state index contributed by atoms with van der Waals surface area (Å²) in [5.74, 6) is 1.01. The monoisotopic (exact) mass is 544 g/mol. The maximum absolute atomic E-state index is 12.4. The molecule has 1 amide bonds. The lowest BCUT2D eigenvalue weighted by Crippen LogP contribution is -2.20. The van der Waals surface area contributed by atoms with E-state index in [1.165, 1.54) is 11.1 Å². The van der Waals surface area contributed by atoms with Crippen molar-refractivity contribution in [3.05, 3.63) is 80.4 Å². The van der Waals surface area contributed by atoms with Gasteiger partial charge in [0.1, 0.15) is 0 Å². The van der Waals surface area contributed by atoms with E-state index in [1.807, 2.05) is 44.2 Å². The minimum atomic E-state index is -0.213. The molecule has 0 radical (unpaired) electrons. The Bertz CT molecular complexity index is 1100. The van der Waals surface area contributed by atoms with E-state index in [4.69, 9.17) is 9.47 Å². The summed E-state index contributed by atoms with van der Waals surface area (Å²) in [7, 11) is 0. The molecule has 3 aromatic rings. The van der Waals surface area contributed by atoms with E-state index < -0.39 is 0 Å². The third-order valence-electron chi connectivity index (χ3n) is 4.89. The largest absolute Gasteiger partial charge is 0.490 e. The molecule has 5 nitrogen and oxygen atoms in total. The van der Waals surface area contributed by atoms with Crippen LogP contribution in [0, 0.1) is 24.3 Å². The summed E-state index contributed by atoms with van der Waals surface area (Å²) in [5.41, 5.74) is 6.46. The van der Waals surface area contributed by atoms with Crippen LogP contribution in [0.2, 0.25) is 0 Å². The smallest absolute Gasteiger partial charge is 0.262 e. The van der Waals surface area contributed by atoms with Gasteiger partial charge in [0.05, 0.1) is 10.2 Å². The quantitative estimate of drug-likeness (QED) is 0.313. The third-order valence-corrected chi connectivity index (χ3v) is 5.70. The first-order valence-electron chi connectivity index (χ1n) is 10.6. The Morgan fingerprint density at radius 2 is 1.75 bits per heavy atom. The number of amides is 1. The predicted molar refractivity (Wildman–Crippen MR) is 139 cm³/mol. The van der Waals surface area contributed by atoms with E-state index in [9.17, 15) is 4.79 Å². The summed E-state index contributed by atoms with van der Waals surface area (Å²) in [6.45, 7) is 9.17. The lowest BCUT2D eigenvalue weighted by molar-refractivity contribution is -0.118. The Kier molecular flexibility index (Phi) is 8.39. The van der Waals surface area contributed by atoms with Crippen LogP contribution >= 0.6 is 22.6 Å². The molecule has 0 aliphatic heterocycles. The van der Waals surface area contributed by atoms with Crippen molar-refractivity contribution in [3.8, 4) is 11.5 Å². The summed E-state index contributed by atoms with van der Waals surface area (Å²) in [4.78, 5) is 12.4. The molecule has 0 aliphatic rings. The minimum Gasteiger partial charge on any atom is -0.490 e. The van der Waals surface area contributed by atoms with Crippen molar-refractivity contribution in [1.82, 2.24) is 0 Å². The molecule has 0 fully saturated rings. The first-order chi connectivity index (χ1) is 15.4. The molecule has 32 heavy (non-hydrogen) atoms. The zero-order valence-electron chi connectivity index (χ0n) is 18.9. The number of carbonyl (C=O) groups excluding carboxylic acids is 1. The lowest BCUT2D eigenvalue weighted by atomic mass is 10.1. The lowest BCUT2D eigenvalue weighted by Gasteiger charge is -2.16. The van der Waals surface area contributed by atoms with Gasteiger partial charge in [0.25, 0.3) is 5.91 Å². The Balaban J connectivity index is 1.69. The predicted octanol–water partition coefficient (Wildman–Crippen LogP) is 6.24. The number of halogens is 1. The van der Waals surface area contributed by atoms with Gasteiger partial charge in [-0.05, 0) is 103 Å². The first-order valence-corrected chi connectivity index (χ1v) is 11.7. The van der Waals surface area contributed by atoms with E-state index in [1.54, 1.807) is 0 Å². The molecule has 6 heteroatoms. The summed E-state index contributed by atoms with van der Waals surface area (Å²) in [6.07, 6.45) is 0. The molecule has 2 N–H and O–H groups in total. The molecule has 3 aromatic carbocycles. The molecule has 0 unspecified atom stereocenters. The topological polar surface area (TPSA) is 59.6 Å². The van der Waals surface area contributed by atoms with Crippen molar-refractivity contribution in [3.63, 3.8) is 0 Å².